The Hall–Kier alpha value is -3.68. The molecule has 2 aromatic carbocycles. The molecule has 0 spiro atoms. The maximum absolute atomic E-state index is 12.3. The second-order valence-electron chi connectivity index (χ2n) is 5.36. The fourth-order valence-corrected chi connectivity index (χ4v) is 2.48. The van der Waals surface area contributed by atoms with Crippen molar-refractivity contribution in [2.24, 2.45) is 0 Å². The molecule has 0 radical (unpaired) electrons. The van der Waals surface area contributed by atoms with Gasteiger partial charge in [-0.25, -0.2) is 4.98 Å². The number of nitro groups is 1. The van der Waals surface area contributed by atoms with Gasteiger partial charge in [0.2, 0.25) is 0 Å². The van der Waals surface area contributed by atoms with Crippen molar-refractivity contribution >= 4 is 28.7 Å². The van der Waals surface area contributed by atoms with E-state index in [0.717, 1.165) is 0 Å². The molecule has 0 atom stereocenters. The van der Waals surface area contributed by atoms with Crippen LogP contribution in [0, 0.1) is 10.1 Å². The molecule has 8 nitrogen and oxygen atoms in total. The number of ether oxygens (including phenoxy) is 2. The van der Waals surface area contributed by atoms with Gasteiger partial charge in [-0.2, -0.15) is 0 Å². The third kappa shape index (κ3) is 3.39. The number of hydrogen-bond donors (Lipinski definition) is 1. The molecule has 0 aliphatic heterocycles. The first-order valence-corrected chi connectivity index (χ1v) is 7.60. The smallest absolute Gasteiger partial charge is 0.270 e. The first-order chi connectivity index (χ1) is 12.5. The lowest BCUT2D eigenvalue weighted by atomic mass is 10.2. The zero-order valence-corrected chi connectivity index (χ0v) is 14.1. The second kappa shape index (κ2) is 7.06. The van der Waals surface area contributed by atoms with Crippen molar-refractivity contribution in [3.05, 3.63) is 68.3 Å². The van der Waals surface area contributed by atoms with E-state index >= 15 is 0 Å². The van der Waals surface area contributed by atoms with Gasteiger partial charge in [-0.3, -0.25) is 14.9 Å². The molecule has 0 bridgehead atoms. The molecule has 0 saturated heterocycles. The van der Waals surface area contributed by atoms with Crippen LogP contribution in [-0.4, -0.2) is 29.1 Å². The van der Waals surface area contributed by atoms with Crippen LogP contribution in [-0.2, 0) is 0 Å². The number of benzene rings is 2. The predicted octanol–water partition coefficient (Wildman–Crippen LogP) is 3.02. The van der Waals surface area contributed by atoms with Gasteiger partial charge in [0.05, 0.1) is 30.0 Å². The van der Waals surface area contributed by atoms with E-state index in [1.54, 1.807) is 36.4 Å². The Morgan fingerprint density at radius 3 is 2.54 bits per heavy atom. The van der Waals surface area contributed by atoms with Crippen LogP contribution >= 0.6 is 0 Å². The minimum absolute atomic E-state index is 0.0102. The SMILES string of the molecule is COc1cc2nc(/C=C/c3cccc([N+](=O)[O-])c3)[nH]c(=O)c2cc1OC. The van der Waals surface area contributed by atoms with Crippen LogP contribution in [0.15, 0.2) is 41.2 Å². The van der Waals surface area contributed by atoms with Gasteiger partial charge in [-0.15, -0.1) is 0 Å². The number of nitrogens with one attached hydrogen (secondary N) is 1. The van der Waals surface area contributed by atoms with E-state index in [0.29, 0.717) is 33.8 Å². The number of methoxy groups -OCH3 is 2. The number of non-ortho nitro benzene ring substituents is 1. The largest absolute Gasteiger partial charge is 0.493 e. The van der Waals surface area contributed by atoms with E-state index in [1.165, 1.54) is 26.4 Å². The minimum atomic E-state index is -0.465. The van der Waals surface area contributed by atoms with Crippen LogP contribution in [0.1, 0.15) is 11.4 Å². The number of hydrogen-bond acceptors (Lipinski definition) is 6. The molecule has 0 aliphatic rings. The number of rotatable bonds is 5. The summed E-state index contributed by atoms with van der Waals surface area (Å²) >= 11 is 0. The highest BCUT2D eigenvalue weighted by Crippen LogP contribution is 2.30. The third-order valence-corrected chi connectivity index (χ3v) is 3.74. The average molecular weight is 353 g/mol. The third-order valence-electron chi connectivity index (χ3n) is 3.74. The fraction of sp³-hybridized carbons (Fsp3) is 0.111. The molecule has 0 saturated carbocycles. The normalized spacial score (nSPS) is 11.0. The lowest BCUT2D eigenvalue weighted by Gasteiger charge is -2.08. The number of H-pyrrole nitrogens is 1. The summed E-state index contributed by atoms with van der Waals surface area (Å²) in [4.78, 5) is 29.7. The highest BCUT2D eigenvalue weighted by molar-refractivity contribution is 5.83. The number of nitro benzene ring substituents is 1. The molecule has 8 heteroatoms. The summed E-state index contributed by atoms with van der Waals surface area (Å²) in [5.74, 6) is 1.22. The van der Waals surface area contributed by atoms with Crippen molar-refractivity contribution in [2.45, 2.75) is 0 Å². The van der Waals surface area contributed by atoms with Gasteiger partial charge >= 0.3 is 0 Å². The summed E-state index contributed by atoms with van der Waals surface area (Å²) in [5.41, 5.74) is 0.734. The predicted molar refractivity (Wildman–Crippen MR) is 97.5 cm³/mol. The Labute approximate surface area is 147 Å². The maximum atomic E-state index is 12.3. The molecule has 1 aromatic heterocycles. The Bertz CT molecular complexity index is 1070. The van der Waals surface area contributed by atoms with Gasteiger partial charge in [0.1, 0.15) is 5.82 Å². The standard InChI is InChI=1S/C18H15N3O5/c1-25-15-9-13-14(10-16(15)26-2)19-17(20-18(13)22)7-6-11-4-3-5-12(8-11)21(23)24/h3-10H,1-2H3,(H,19,20,22)/b7-6+. The second-order valence-corrected chi connectivity index (χ2v) is 5.36. The summed E-state index contributed by atoms with van der Waals surface area (Å²) < 4.78 is 10.4. The monoisotopic (exact) mass is 353 g/mol. The van der Waals surface area contributed by atoms with Crippen molar-refractivity contribution in [3.63, 3.8) is 0 Å². The molecule has 0 fully saturated rings. The quantitative estimate of drug-likeness (QED) is 0.558. The number of aromatic nitrogens is 2. The van der Waals surface area contributed by atoms with Crippen molar-refractivity contribution < 1.29 is 14.4 Å². The molecular weight excluding hydrogens is 338 g/mol. The molecule has 0 unspecified atom stereocenters. The molecular formula is C18H15N3O5. The Balaban J connectivity index is 2.02. The van der Waals surface area contributed by atoms with Crippen LogP contribution in [0.5, 0.6) is 11.5 Å². The van der Waals surface area contributed by atoms with Crippen molar-refractivity contribution in [1.82, 2.24) is 9.97 Å². The summed E-state index contributed by atoms with van der Waals surface area (Å²) in [7, 11) is 2.99. The zero-order valence-electron chi connectivity index (χ0n) is 14.1. The highest BCUT2D eigenvalue weighted by atomic mass is 16.6. The van der Waals surface area contributed by atoms with Crippen molar-refractivity contribution in [2.75, 3.05) is 14.2 Å². The van der Waals surface area contributed by atoms with Gasteiger partial charge in [0, 0.05) is 18.2 Å². The van der Waals surface area contributed by atoms with E-state index in [2.05, 4.69) is 9.97 Å². The van der Waals surface area contributed by atoms with Crippen LogP contribution in [0.3, 0.4) is 0 Å². The average Bonchev–Trinajstić information content (AvgIpc) is 2.65. The van der Waals surface area contributed by atoms with Crippen LogP contribution in [0.2, 0.25) is 0 Å². The number of aromatic amines is 1. The van der Waals surface area contributed by atoms with Gasteiger partial charge < -0.3 is 14.5 Å². The first-order valence-electron chi connectivity index (χ1n) is 7.60. The van der Waals surface area contributed by atoms with E-state index < -0.39 is 4.92 Å². The van der Waals surface area contributed by atoms with Gasteiger partial charge in [0.25, 0.3) is 11.2 Å². The molecule has 1 heterocycles. The summed E-state index contributed by atoms with van der Waals surface area (Å²) in [5, 5.41) is 11.2. The fourth-order valence-electron chi connectivity index (χ4n) is 2.48. The first kappa shape index (κ1) is 17.2. The molecule has 3 rings (SSSR count). The van der Waals surface area contributed by atoms with Gasteiger partial charge in [0.15, 0.2) is 11.5 Å². The number of nitrogens with zero attached hydrogens (tertiary/aromatic N) is 2. The van der Waals surface area contributed by atoms with Crippen molar-refractivity contribution in [3.8, 4) is 11.5 Å². The molecule has 26 heavy (non-hydrogen) atoms. The lowest BCUT2D eigenvalue weighted by Crippen LogP contribution is -2.10. The van der Waals surface area contributed by atoms with Gasteiger partial charge in [-0.05, 0) is 17.7 Å². The molecule has 0 aliphatic carbocycles. The number of fused-ring (bicyclic) bond motifs is 1. The zero-order chi connectivity index (χ0) is 18.7. The lowest BCUT2D eigenvalue weighted by molar-refractivity contribution is -0.384. The Morgan fingerprint density at radius 2 is 1.85 bits per heavy atom. The molecule has 3 aromatic rings. The summed E-state index contributed by atoms with van der Waals surface area (Å²) in [6.45, 7) is 0. The Morgan fingerprint density at radius 1 is 1.12 bits per heavy atom. The van der Waals surface area contributed by atoms with Crippen LogP contribution in [0.4, 0.5) is 5.69 Å². The topological polar surface area (TPSA) is 107 Å². The highest BCUT2D eigenvalue weighted by Gasteiger charge is 2.10. The summed E-state index contributed by atoms with van der Waals surface area (Å²) in [6.07, 6.45) is 3.22. The van der Waals surface area contributed by atoms with E-state index in [1.807, 2.05) is 0 Å². The van der Waals surface area contributed by atoms with Crippen LogP contribution in [0.25, 0.3) is 23.1 Å². The van der Waals surface area contributed by atoms with Crippen molar-refractivity contribution in [1.29, 1.82) is 0 Å². The molecule has 0 amide bonds. The molecule has 132 valence electrons. The Kier molecular flexibility index (Phi) is 4.66. The van der Waals surface area contributed by atoms with E-state index in [9.17, 15) is 14.9 Å². The van der Waals surface area contributed by atoms with Gasteiger partial charge in [-0.1, -0.05) is 18.2 Å². The van der Waals surface area contributed by atoms with E-state index in [-0.39, 0.29) is 11.2 Å². The maximum Gasteiger partial charge on any atom is 0.270 e. The van der Waals surface area contributed by atoms with Crippen LogP contribution < -0.4 is 15.0 Å². The molecule has 1 N–H and O–H groups in total. The van der Waals surface area contributed by atoms with E-state index in [4.69, 9.17) is 9.47 Å². The minimum Gasteiger partial charge on any atom is -0.493 e. The summed E-state index contributed by atoms with van der Waals surface area (Å²) in [6, 6.07) is 9.33.